The van der Waals surface area contributed by atoms with Crippen LogP contribution < -0.4 is 0 Å². The molecule has 1 nitrogen and oxygen atoms in total. The van der Waals surface area contributed by atoms with Gasteiger partial charge in [0.15, 0.2) is 0 Å². The summed E-state index contributed by atoms with van der Waals surface area (Å²) in [5, 5.41) is 0. The van der Waals surface area contributed by atoms with Crippen LogP contribution in [0.25, 0.3) is 0 Å². The molecule has 0 amide bonds. The van der Waals surface area contributed by atoms with Crippen LogP contribution in [0.1, 0.15) is 0 Å². The SMILES string of the molecule is C=CC(F)(F)C(F)(F)OC(F)(F)F. The normalized spacial score (nSPS) is 14.4. The summed E-state index contributed by atoms with van der Waals surface area (Å²) in [6.07, 6.45) is -12.1. The van der Waals surface area contributed by atoms with E-state index in [9.17, 15) is 30.7 Å². The van der Waals surface area contributed by atoms with Gasteiger partial charge in [-0.25, -0.2) is 4.74 Å². The van der Waals surface area contributed by atoms with Gasteiger partial charge in [0.1, 0.15) is 0 Å². The molecule has 0 aliphatic rings. The molecule has 8 heteroatoms. The second-order valence-electron chi connectivity index (χ2n) is 1.89. The van der Waals surface area contributed by atoms with E-state index in [-0.39, 0.29) is 0 Å². The lowest BCUT2D eigenvalue weighted by Crippen LogP contribution is -2.44. The molecule has 0 aliphatic carbocycles. The highest BCUT2D eigenvalue weighted by Crippen LogP contribution is 2.40. The molecule has 0 aromatic heterocycles. The van der Waals surface area contributed by atoms with Crippen molar-refractivity contribution in [1.82, 2.24) is 0 Å². The van der Waals surface area contributed by atoms with Gasteiger partial charge in [-0.3, -0.25) is 0 Å². The van der Waals surface area contributed by atoms with E-state index < -0.39 is 24.5 Å². The van der Waals surface area contributed by atoms with Crippen LogP contribution in [0.15, 0.2) is 12.7 Å². The topological polar surface area (TPSA) is 9.23 Å². The first-order chi connectivity index (χ1) is 5.52. The van der Waals surface area contributed by atoms with Crippen molar-refractivity contribution in [3.05, 3.63) is 12.7 Å². The van der Waals surface area contributed by atoms with Crippen LogP contribution in [0.2, 0.25) is 0 Å². The molecule has 13 heavy (non-hydrogen) atoms. The van der Waals surface area contributed by atoms with Crippen LogP contribution in [-0.4, -0.2) is 18.4 Å². The third kappa shape index (κ3) is 3.21. The molecule has 0 N–H and O–H groups in total. The van der Waals surface area contributed by atoms with Gasteiger partial charge < -0.3 is 0 Å². The van der Waals surface area contributed by atoms with Crippen molar-refractivity contribution in [2.24, 2.45) is 0 Å². The summed E-state index contributed by atoms with van der Waals surface area (Å²) in [4.78, 5) is 0. The molecule has 0 unspecified atom stereocenters. The van der Waals surface area contributed by atoms with E-state index in [1.54, 1.807) is 0 Å². The van der Waals surface area contributed by atoms with Gasteiger partial charge in [-0.1, -0.05) is 6.58 Å². The van der Waals surface area contributed by atoms with Crippen LogP contribution >= 0.6 is 0 Å². The summed E-state index contributed by atoms with van der Waals surface area (Å²) < 4.78 is 83.2. The van der Waals surface area contributed by atoms with Gasteiger partial charge in [0.25, 0.3) is 0 Å². The van der Waals surface area contributed by atoms with Crippen molar-refractivity contribution < 1.29 is 35.5 Å². The lowest BCUT2D eigenvalue weighted by atomic mass is 10.3. The first kappa shape index (κ1) is 12.2. The molecule has 0 rings (SSSR count). The number of hydrogen-bond acceptors (Lipinski definition) is 1. The second kappa shape index (κ2) is 3.17. The van der Waals surface area contributed by atoms with E-state index in [0.29, 0.717) is 0 Å². The summed E-state index contributed by atoms with van der Waals surface area (Å²) in [5.41, 5.74) is 0. The summed E-state index contributed by atoms with van der Waals surface area (Å²) in [7, 11) is 0. The molecule has 0 saturated carbocycles. The lowest BCUT2D eigenvalue weighted by Gasteiger charge is -2.23. The van der Waals surface area contributed by atoms with Crippen molar-refractivity contribution >= 4 is 0 Å². The zero-order valence-electron chi connectivity index (χ0n) is 5.84. The molecule has 0 aliphatic heterocycles. The Morgan fingerprint density at radius 1 is 0.923 bits per heavy atom. The Morgan fingerprint density at radius 3 is 1.54 bits per heavy atom. The Kier molecular flexibility index (Phi) is 2.97. The third-order valence-corrected chi connectivity index (χ3v) is 0.888. The van der Waals surface area contributed by atoms with Gasteiger partial charge in [0, 0.05) is 0 Å². The Labute approximate surface area is 67.8 Å². The van der Waals surface area contributed by atoms with Gasteiger partial charge in [-0.15, -0.1) is 13.2 Å². The molecule has 0 aromatic rings. The van der Waals surface area contributed by atoms with E-state index in [1.165, 1.54) is 0 Å². The maximum atomic E-state index is 12.0. The van der Waals surface area contributed by atoms with Gasteiger partial charge in [-0.05, 0) is 6.08 Å². The van der Waals surface area contributed by atoms with Crippen LogP contribution in [0.3, 0.4) is 0 Å². The van der Waals surface area contributed by atoms with E-state index in [4.69, 9.17) is 0 Å². The quantitative estimate of drug-likeness (QED) is 0.516. The van der Waals surface area contributed by atoms with E-state index in [0.717, 1.165) is 0 Å². The molecule has 0 bridgehead atoms. The lowest BCUT2D eigenvalue weighted by molar-refractivity contribution is -0.458. The Morgan fingerprint density at radius 2 is 1.31 bits per heavy atom. The van der Waals surface area contributed by atoms with Crippen LogP contribution in [0.4, 0.5) is 30.7 Å². The second-order valence-corrected chi connectivity index (χ2v) is 1.89. The molecule has 0 spiro atoms. The van der Waals surface area contributed by atoms with E-state index in [2.05, 4.69) is 6.58 Å². The fourth-order valence-corrected chi connectivity index (χ4v) is 0.332. The van der Waals surface area contributed by atoms with Crippen LogP contribution in [-0.2, 0) is 4.74 Å². The largest absolute Gasteiger partial charge is 0.527 e. The van der Waals surface area contributed by atoms with Crippen molar-refractivity contribution in [1.29, 1.82) is 0 Å². The number of rotatable bonds is 3. The Balaban J connectivity index is 4.67. The highest BCUT2D eigenvalue weighted by molar-refractivity contribution is 4.93. The summed E-state index contributed by atoms with van der Waals surface area (Å²) >= 11 is 0. The van der Waals surface area contributed by atoms with Crippen molar-refractivity contribution in [2.75, 3.05) is 0 Å². The zero-order valence-corrected chi connectivity index (χ0v) is 5.84. The first-order valence-electron chi connectivity index (χ1n) is 2.68. The number of alkyl halides is 7. The summed E-state index contributed by atoms with van der Waals surface area (Å²) in [6, 6.07) is 0. The highest BCUT2D eigenvalue weighted by Gasteiger charge is 2.61. The molecule has 0 saturated heterocycles. The van der Waals surface area contributed by atoms with Crippen LogP contribution in [0, 0.1) is 0 Å². The first-order valence-corrected chi connectivity index (χ1v) is 2.68. The number of halogens is 7. The minimum absolute atomic E-state index is 0.626. The van der Waals surface area contributed by atoms with Crippen molar-refractivity contribution in [3.63, 3.8) is 0 Å². The maximum Gasteiger partial charge on any atom is 0.527 e. The smallest absolute Gasteiger partial charge is 0.221 e. The third-order valence-electron chi connectivity index (χ3n) is 0.888. The number of hydrogen-bond donors (Lipinski definition) is 0. The zero-order chi connectivity index (χ0) is 10.9. The minimum Gasteiger partial charge on any atom is -0.221 e. The number of ether oxygens (including phenoxy) is 1. The van der Waals surface area contributed by atoms with Crippen molar-refractivity contribution in [3.8, 4) is 0 Å². The van der Waals surface area contributed by atoms with Gasteiger partial charge >= 0.3 is 18.4 Å². The van der Waals surface area contributed by atoms with E-state index >= 15 is 0 Å². The fourth-order valence-electron chi connectivity index (χ4n) is 0.332. The molecular formula is C5H3F7O. The molecule has 0 atom stereocenters. The van der Waals surface area contributed by atoms with E-state index in [1.807, 2.05) is 4.74 Å². The van der Waals surface area contributed by atoms with Crippen molar-refractivity contribution in [2.45, 2.75) is 18.4 Å². The predicted octanol–water partition coefficient (Wildman–Crippen LogP) is 2.94. The van der Waals surface area contributed by atoms with Gasteiger partial charge in [0.2, 0.25) is 0 Å². The Bertz CT molecular complexity index is 194. The minimum atomic E-state index is -5.84. The monoisotopic (exact) mass is 212 g/mol. The molecular weight excluding hydrogens is 209 g/mol. The fraction of sp³-hybridized carbons (Fsp3) is 0.600. The molecule has 0 heterocycles. The predicted molar refractivity (Wildman–Crippen MR) is 27.2 cm³/mol. The van der Waals surface area contributed by atoms with Gasteiger partial charge in [-0.2, -0.15) is 17.6 Å². The molecule has 78 valence electrons. The van der Waals surface area contributed by atoms with Gasteiger partial charge in [0.05, 0.1) is 0 Å². The average Bonchev–Trinajstić information content (AvgIpc) is 1.81. The standard InChI is InChI=1S/C5H3F7O/c1-2-3(6,7)4(8,9)13-5(10,11)12/h2H,1H2. The Hall–Kier alpha value is -0.790. The molecule has 0 fully saturated rings. The highest BCUT2D eigenvalue weighted by atomic mass is 19.4. The molecule has 0 radical (unpaired) electrons. The molecule has 0 aromatic carbocycles. The summed E-state index contributed by atoms with van der Waals surface area (Å²) in [5.74, 6) is -5.07. The summed E-state index contributed by atoms with van der Waals surface area (Å²) in [6.45, 7) is 2.25. The van der Waals surface area contributed by atoms with Crippen LogP contribution in [0.5, 0.6) is 0 Å². The average molecular weight is 212 g/mol. The maximum absolute atomic E-state index is 12.0.